The van der Waals surface area contributed by atoms with Gasteiger partial charge >= 0.3 is 0 Å². The van der Waals surface area contributed by atoms with E-state index >= 15 is 0 Å². The molecule has 6 nitrogen and oxygen atoms in total. The highest BCUT2D eigenvalue weighted by Gasteiger charge is 2.11. The average Bonchev–Trinajstić information content (AvgIpc) is 3.00. The summed E-state index contributed by atoms with van der Waals surface area (Å²) < 4.78 is 10.7. The number of hydrogen-bond donors (Lipinski definition) is 3. The maximum absolute atomic E-state index is 11.8. The van der Waals surface area contributed by atoms with Crippen molar-refractivity contribution in [1.29, 1.82) is 0 Å². The smallest absolute Gasteiger partial charge is 0.224 e. The van der Waals surface area contributed by atoms with Crippen molar-refractivity contribution in [2.24, 2.45) is 5.92 Å². The topological polar surface area (TPSA) is 75.4 Å². The van der Waals surface area contributed by atoms with E-state index in [1.807, 2.05) is 26.1 Å². The molecular weight excluding hydrogens is 342 g/mol. The molecule has 25 heavy (non-hydrogen) atoms. The fraction of sp³-hybridized carbons (Fsp3) is 0.500. The van der Waals surface area contributed by atoms with Gasteiger partial charge in [-0.1, -0.05) is 6.92 Å². The van der Waals surface area contributed by atoms with Crippen molar-refractivity contribution in [3.05, 3.63) is 23.9 Å². The minimum Gasteiger partial charge on any atom is -0.497 e. The summed E-state index contributed by atoms with van der Waals surface area (Å²) in [5.41, 5.74) is 2.11. The van der Waals surface area contributed by atoms with Gasteiger partial charge in [0.05, 0.1) is 19.7 Å². The number of methoxy groups -OCH3 is 2. The molecule has 7 heteroatoms. The third-order valence-corrected chi connectivity index (χ3v) is 4.07. The maximum atomic E-state index is 11.8. The van der Waals surface area contributed by atoms with Crippen LogP contribution >= 0.6 is 12.4 Å². The predicted molar refractivity (Wildman–Crippen MR) is 103 cm³/mol. The molecule has 0 aliphatic rings. The molecule has 0 aliphatic carbocycles. The SMILES string of the molecule is CNCC(C)C(=O)NCCCc1cc2c(OC)cc(OC)cc2[nH]1.Cl. The van der Waals surface area contributed by atoms with Gasteiger partial charge in [-0.15, -0.1) is 12.4 Å². The Kier molecular flexibility index (Phi) is 8.58. The van der Waals surface area contributed by atoms with Crippen LogP contribution in [0.5, 0.6) is 11.5 Å². The van der Waals surface area contributed by atoms with Gasteiger partial charge in [0.25, 0.3) is 0 Å². The molecule has 0 aliphatic heterocycles. The minimum atomic E-state index is -0.0141. The van der Waals surface area contributed by atoms with Gasteiger partial charge in [-0.3, -0.25) is 4.79 Å². The lowest BCUT2D eigenvalue weighted by molar-refractivity contribution is -0.124. The molecule has 0 radical (unpaired) electrons. The summed E-state index contributed by atoms with van der Waals surface area (Å²) in [4.78, 5) is 15.2. The first-order valence-corrected chi connectivity index (χ1v) is 8.25. The van der Waals surface area contributed by atoms with Gasteiger partial charge in [0, 0.05) is 42.2 Å². The Morgan fingerprint density at radius 3 is 2.64 bits per heavy atom. The van der Waals surface area contributed by atoms with Crippen LogP contribution in [0.15, 0.2) is 18.2 Å². The van der Waals surface area contributed by atoms with Crippen LogP contribution in [0, 0.1) is 5.92 Å². The molecule has 1 atom stereocenters. The number of fused-ring (bicyclic) bond motifs is 1. The van der Waals surface area contributed by atoms with Gasteiger partial charge in [0.1, 0.15) is 11.5 Å². The van der Waals surface area contributed by atoms with Crippen molar-refractivity contribution in [3.8, 4) is 11.5 Å². The van der Waals surface area contributed by atoms with Gasteiger partial charge in [-0.25, -0.2) is 0 Å². The normalized spacial score (nSPS) is 11.7. The Bertz CT molecular complexity index is 688. The molecule has 2 rings (SSSR count). The number of carbonyl (C=O) groups is 1. The lowest BCUT2D eigenvalue weighted by Crippen LogP contribution is -2.34. The highest BCUT2D eigenvalue weighted by molar-refractivity contribution is 5.88. The monoisotopic (exact) mass is 369 g/mol. The first kappa shape index (κ1) is 21.1. The Morgan fingerprint density at radius 1 is 1.24 bits per heavy atom. The first-order chi connectivity index (χ1) is 11.6. The zero-order chi connectivity index (χ0) is 17.5. The molecule has 1 unspecified atom stereocenters. The number of nitrogens with one attached hydrogen (secondary N) is 3. The van der Waals surface area contributed by atoms with Gasteiger partial charge in [-0.2, -0.15) is 0 Å². The van der Waals surface area contributed by atoms with Crippen LogP contribution in [0.4, 0.5) is 0 Å². The minimum absolute atomic E-state index is 0. The number of H-pyrrole nitrogens is 1. The number of aromatic amines is 1. The van der Waals surface area contributed by atoms with E-state index in [9.17, 15) is 4.79 Å². The lowest BCUT2D eigenvalue weighted by Gasteiger charge is -2.11. The maximum Gasteiger partial charge on any atom is 0.224 e. The Morgan fingerprint density at radius 2 is 2.00 bits per heavy atom. The van der Waals surface area contributed by atoms with Crippen molar-refractivity contribution < 1.29 is 14.3 Å². The summed E-state index contributed by atoms with van der Waals surface area (Å²) in [6.07, 6.45) is 1.74. The fourth-order valence-electron chi connectivity index (χ4n) is 2.72. The van der Waals surface area contributed by atoms with E-state index in [2.05, 4.69) is 21.7 Å². The largest absolute Gasteiger partial charge is 0.497 e. The molecule has 0 bridgehead atoms. The molecular formula is C18H28ClN3O3. The molecule has 1 aromatic heterocycles. The number of carbonyl (C=O) groups excluding carboxylic acids is 1. The summed E-state index contributed by atoms with van der Waals surface area (Å²) in [5.74, 6) is 1.63. The zero-order valence-corrected chi connectivity index (χ0v) is 16.1. The molecule has 1 aromatic carbocycles. The second-order valence-corrected chi connectivity index (χ2v) is 5.94. The lowest BCUT2D eigenvalue weighted by atomic mass is 10.1. The molecule has 0 saturated carbocycles. The number of aromatic nitrogens is 1. The summed E-state index contributed by atoms with van der Waals surface area (Å²) in [6, 6.07) is 5.94. The highest BCUT2D eigenvalue weighted by Crippen LogP contribution is 2.31. The second-order valence-electron chi connectivity index (χ2n) is 5.94. The van der Waals surface area contributed by atoms with Crippen molar-refractivity contribution in [1.82, 2.24) is 15.6 Å². The summed E-state index contributed by atoms with van der Waals surface area (Å²) >= 11 is 0. The van der Waals surface area contributed by atoms with E-state index < -0.39 is 0 Å². The third kappa shape index (κ3) is 5.54. The molecule has 0 spiro atoms. The van der Waals surface area contributed by atoms with Crippen molar-refractivity contribution in [2.75, 3.05) is 34.4 Å². The average molecular weight is 370 g/mol. The van der Waals surface area contributed by atoms with E-state index in [-0.39, 0.29) is 24.2 Å². The molecule has 0 saturated heterocycles. The number of hydrogen-bond acceptors (Lipinski definition) is 4. The molecule has 1 heterocycles. The van der Waals surface area contributed by atoms with E-state index in [0.717, 1.165) is 40.9 Å². The van der Waals surface area contributed by atoms with Gasteiger partial charge in [0.2, 0.25) is 5.91 Å². The molecule has 0 fully saturated rings. The first-order valence-electron chi connectivity index (χ1n) is 8.25. The summed E-state index contributed by atoms with van der Waals surface area (Å²) in [5, 5.41) is 7.03. The number of aryl methyl sites for hydroxylation is 1. The predicted octanol–water partition coefficient (Wildman–Crippen LogP) is 2.51. The van der Waals surface area contributed by atoms with Crippen LogP contribution < -0.4 is 20.1 Å². The quantitative estimate of drug-likeness (QED) is 0.594. The van der Waals surface area contributed by atoms with Gasteiger partial charge in [0.15, 0.2) is 0 Å². The van der Waals surface area contributed by atoms with Crippen LogP contribution in [0.25, 0.3) is 10.9 Å². The molecule has 1 amide bonds. The Balaban J connectivity index is 0.00000312. The van der Waals surface area contributed by atoms with Gasteiger partial charge < -0.3 is 25.1 Å². The van der Waals surface area contributed by atoms with E-state index in [1.165, 1.54) is 0 Å². The van der Waals surface area contributed by atoms with Crippen LogP contribution in [0.3, 0.4) is 0 Å². The Hall–Kier alpha value is -1.92. The number of benzene rings is 1. The Labute approximate surface area is 155 Å². The fourth-order valence-corrected chi connectivity index (χ4v) is 2.72. The number of amides is 1. The molecule has 3 N–H and O–H groups in total. The second kappa shape index (κ2) is 10.2. The molecule has 2 aromatic rings. The van der Waals surface area contributed by atoms with E-state index in [4.69, 9.17) is 9.47 Å². The highest BCUT2D eigenvalue weighted by atomic mass is 35.5. The number of halogens is 1. The van der Waals surface area contributed by atoms with Crippen LogP contribution in [0.2, 0.25) is 0 Å². The summed E-state index contributed by atoms with van der Waals surface area (Å²) in [6.45, 7) is 3.28. The zero-order valence-electron chi connectivity index (χ0n) is 15.3. The van der Waals surface area contributed by atoms with Crippen molar-refractivity contribution in [2.45, 2.75) is 19.8 Å². The van der Waals surface area contributed by atoms with Gasteiger partial charge in [-0.05, 0) is 26.0 Å². The van der Waals surface area contributed by atoms with E-state index in [1.54, 1.807) is 14.2 Å². The number of rotatable bonds is 9. The van der Waals surface area contributed by atoms with Crippen LogP contribution in [0.1, 0.15) is 19.0 Å². The van der Waals surface area contributed by atoms with E-state index in [0.29, 0.717) is 13.1 Å². The molecule has 140 valence electrons. The standard InChI is InChI=1S/C18H27N3O3.ClH/c1-12(11-19-2)18(22)20-7-5-6-13-8-15-16(21-13)9-14(23-3)10-17(15)24-4;/h8-10,12,19,21H,5-7,11H2,1-4H3,(H,20,22);1H. The van der Waals surface area contributed by atoms with Crippen LogP contribution in [-0.4, -0.2) is 45.2 Å². The van der Waals surface area contributed by atoms with Crippen molar-refractivity contribution in [3.63, 3.8) is 0 Å². The van der Waals surface area contributed by atoms with Crippen molar-refractivity contribution >= 4 is 29.2 Å². The summed E-state index contributed by atoms with van der Waals surface area (Å²) in [7, 11) is 5.15. The van der Waals surface area contributed by atoms with Crippen LogP contribution in [-0.2, 0) is 11.2 Å². The third-order valence-electron chi connectivity index (χ3n) is 4.07. The number of ether oxygens (including phenoxy) is 2.